The molecule has 3 heterocycles. The minimum Gasteiger partial charge on any atom is -0.481 e. The minimum absolute atomic E-state index is 0.00559. The second kappa shape index (κ2) is 7.65. The van der Waals surface area contributed by atoms with Crippen LogP contribution in [0.5, 0.6) is 5.88 Å². The monoisotopic (exact) mass is 343 g/mol. The molecule has 1 saturated heterocycles. The molecule has 0 spiro atoms. The highest BCUT2D eigenvalue weighted by Gasteiger charge is 2.30. The van der Waals surface area contributed by atoms with E-state index in [1.807, 2.05) is 42.0 Å². The maximum absolute atomic E-state index is 12.7. The summed E-state index contributed by atoms with van der Waals surface area (Å²) in [5.74, 6) is 0.896. The minimum atomic E-state index is -0.00559. The first-order valence-electron chi connectivity index (χ1n) is 8.55. The van der Waals surface area contributed by atoms with Crippen LogP contribution >= 0.6 is 0 Å². The van der Waals surface area contributed by atoms with Crippen molar-refractivity contribution in [2.75, 3.05) is 40.8 Å². The Morgan fingerprint density at radius 2 is 2.24 bits per heavy atom. The number of hydrogen-bond acceptors (Lipinski definition) is 5. The molecule has 7 heteroatoms. The first-order valence-corrected chi connectivity index (χ1v) is 8.55. The van der Waals surface area contributed by atoms with Gasteiger partial charge in [0, 0.05) is 43.5 Å². The zero-order valence-electron chi connectivity index (χ0n) is 15.1. The molecule has 1 amide bonds. The summed E-state index contributed by atoms with van der Waals surface area (Å²) >= 11 is 0. The van der Waals surface area contributed by atoms with Crippen LogP contribution in [-0.4, -0.2) is 71.3 Å². The van der Waals surface area contributed by atoms with Crippen LogP contribution in [0, 0.1) is 0 Å². The van der Waals surface area contributed by atoms with E-state index < -0.39 is 0 Å². The van der Waals surface area contributed by atoms with Gasteiger partial charge < -0.3 is 14.5 Å². The van der Waals surface area contributed by atoms with Crippen LogP contribution in [-0.2, 0) is 6.54 Å². The first kappa shape index (κ1) is 17.4. The number of nitrogens with zero attached hydrogens (tertiary/aromatic N) is 5. The van der Waals surface area contributed by atoms with Gasteiger partial charge >= 0.3 is 0 Å². The molecule has 1 aliphatic rings. The number of amides is 1. The fraction of sp³-hybridized carbons (Fsp3) is 0.500. The van der Waals surface area contributed by atoms with Crippen molar-refractivity contribution in [1.82, 2.24) is 24.6 Å². The fourth-order valence-corrected chi connectivity index (χ4v) is 3.15. The van der Waals surface area contributed by atoms with Crippen LogP contribution in [0.4, 0.5) is 0 Å². The fourth-order valence-electron chi connectivity index (χ4n) is 3.15. The normalized spacial score (nSPS) is 17.3. The van der Waals surface area contributed by atoms with Crippen LogP contribution in [0.3, 0.4) is 0 Å². The van der Waals surface area contributed by atoms with E-state index in [-0.39, 0.29) is 11.8 Å². The van der Waals surface area contributed by atoms with Crippen molar-refractivity contribution in [2.45, 2.75) is 18.9 Å². The second-order valence-corrected chi connectivity index (χ2v) is 6.61. The van der Waals surface area contributed by atoms with Crippen LogP contribution in [0.15, 0.2) is 30.6 Å². The summed E-state index contributed by atoms with van der Waals surface area (Å²) in [6.07, 6.45) is 4.50. The zero-order chi connectivity index (χ0) is 17.8. The molecule has 1 unspecified atom stereocenters. The van der Waals surface area contributed by atoms with Gasteiger partial charge in [0.15, 0.2) is 0 Å². The van der Waals surface area contributed by atoms with Crippen molar-refractivity contribution in [2.24, 2.45) is 0 Å². The number of rotatable bonds is 6. The Labute approximate surface area is 148 Å². The number of likely N-dealkylation sites (N-methyl/N-ethyl adjacent to an activating group) is 1. The molecule has 0 radical (unpaired) electrons. The molecule has 0 aromatic carbocycles. The molecule has 3 rings (SSSR count). The van der Waals surface area contributed by atoms with Gasteiger partial charge in [-0.05, 0) is 32.6 Å². The number of carbonyl (C=O) groups excluding carboxylic acids is 1. The van der Waals surface area contributed by atoms with Gasteiger partial charge in [0.25, 0.3) is 5.91 Å². The van der Waals surface area contributed by atoms with Gasteiger partial charge in [0.1, 0.15) is 5.69 Å². The molecular formula is C18H25N5O2. The van der Waals surface area contributed by atoms with E-state index in [0.717, 1.165) is 31.6 Å². The van der Waals surface area contributed by atoms with E-state index in [2.05, 4.69) is 15.0 Å². The number of hydrogen-bond donors (Lipinski definition) is 0. The SMILES string of the molecule is COc1ncccc1C1CCN(C(=O)c2ccn(CCN(C)C)n2)C1. The molecule has 7 nitrogen and oxygen atoms in total. The number of methoxy groups -OCH3 is 1. The summed E-state index contributed by atoms with van der Waals surface area (Å²) in [7, 11) is 5.67. The zero-order valence-corrected chi connectivity index (χ0v) is 15.1. The van der Waals surface area contributed by atoms with E-state index in [0.29, 0.717) is 18.1 Å². The van der Waals surface area contributed by atoms with E-state index in [9.17, 15) is 4.79 Å². The summed E-state index contributed by atoms with van der Waals surface area (Å²) in [6, 6.07) is 5.74. The third-order valence-electron chi connectivity index (χ3n) is 4.55. The molecule has 2 aromatic heterocycles. The Bertz CT molecular complexity index is 728. The Hall–Kier alpha value is -2.41. The van der Waals surface area contributed by atoms with E-state index in [4.69, 9.17) is 4.74 Å². The van der Waals surface area contributed by atoms with Gasteiger partial charge in [-0.25, -0.2) is 4.98 Å². The van der Waals surface area contributed by atoms with Gasteiger partial charge in [-0.2, -0.15) is 5.10 Å². The van der Waals surface area contributed by atoms with E-state index >= 15 is 0 Å². The van der Waals surface area contributed by atoms with Crippen molar-refractivity contribution in [3.8, 4) is 5.88 Å². The molecule has 134 valence electrons. The summed E-state index contributed by atoms with van der Waals surface area (Å²) in [5, 5.41) is 4.42. The lowest BCUT2D eigenvalue weighted by atomic mass is 10.00. The van der Waals surface area contributed by atoms with Gasteiger partial charge in [0.05, 0.1) is 13.7 Å². The summed E-state index contributed by atoms with van der Waals surface area (Å²) < 4.78 is 7.18. The van der Waals surface area contributed by atoms with Crippen LogP contribution in [0.1, 0.15) is 28.4 Å². The number of carbonyl (C=O) groups is 1. The summed E-state index contributed by atoms with van der Waals surface area (Å²) in [6.45, 7) is 3.06. The maximum Gasteiger partial charge on any atom is 0.274 e. The van der Waals surface area contributed by atoms with Crippen molar-refractivity contribution in [1.29, 1.82) is 0 Å². The van der Waals surface area contributed by atoms with Gasteiger partial charge in [-0.1, -0.05) is 6.07 Å². The summed E-state index contributed by atoms with van der Waals surface area (Å²) in [5.41, 5.74) is 1.58. The summed E-state index contributed by atoms with van der Waals surface area (Å²) in [4.78, 5) is 20.9. The third kappa shape index (κ3) is 3.99. The smallest absolute Gasteiger partial charge is 0.274 e. The number of aromatic nitrogens is 3. The lowest BCUT2D eigenvalue weighted by molar-refractivity contribution is 0.0783. The van der Waals surface area contributed by atoms with Gasteiger partial charge in [-0.15, -0.1) is 0 Å². The Kier molecular flexibility index (Phi) is 5.33. The number of likely N-dealkylation sites (tertiary alicyclic amines) is 1. The average molecular weight is 343 g/mol. The highest BCUT2D eigenvalue weighted by atomic mass is 16.5. The largest absolute Gasteiger partial charge is 0.481 e. The molecule has 25 heavy (non-hydrogen) atoms. The second-order valence-electron chi connectivity index (χ2n) is 6.61. The predicted molar refractivity (Wildman–Crippen MR) is 94.8 cm³/mol. The lowest BCUT2D eigenvalue weighted by Gasteiger charge is -2.16. The molecule has 0 N–H and O–H groups in total. The predicted octanol–water partition coefficient (Wildman–Crippen LogP) is 1.48. The van der Waals surface area contributed by atoms with Crippen LogP contribution < -0.4 is 4.74 Å². The molecule has 1 aliphatic heterocycles. The highest BCUT2D eigenvalue weighted by molar-refractivity contribution is 5.92. The molecule has 0 saturated carbocycles. The Morgan fingerprint density at radius 1 is 1.40 bits per heavy atom. The molecule has 1 fully saturated rings. The highest BCUT2D eigenvalue weighted by Crippen LogP contribution is 2.32. The molecule has 0 aliphatic carbocycles. The molecular weight excluding hydrogens is 318 g/mol. The van der Waals surface area contributed by atoms with E-state index in [1.54, 1.807) is 19.4 Å². The van der Waals surface area contributed by atoms with Crippen LogP contribution in [0.25, 0.3) is 0 Å². The number of pyridine rings is 1. The first-order chi connectivity index (χ1) is 12.1. The molecule has 0 bridgehead atoms. The van der Waals surface area contributed by atoms with E-state index in [1.165, 1.54) is 0 Å². The standard InChI is InChI=1S/C18H25N5O2/c1-21(2)11-12-23-10-7-16(20-23)18(24)22-9-6-14(13-22)15-5-4-8-19-17(15)25-3/h4-5,7-8,10,14H,6,9,11-13H2,1-3H3. The van der Waals surface area contributed by atoms with Crippen molar-refractivity contribution in [3.63, 3.8) is 0 Å². The Morgan fingerprint density at radius 3 is 3.00 bits per heavy atom. The molecule has 2 aromatic rings. The quantitative estimate of drug-likeness (QED) is 0.795. The van der Waals surface area contributed by atoms with Crippen molar-refractivity contribution < 1.29 is 9.53 Å². The average Bonchev–Trinajstić information content (AvgIpc) is 3.29. The van der Waals surface area contributed by atoms with Crippen LogP contribution in [0.2, 0.25) is 0 Å². The van der Waals surface area contributed by atoms with Gasteiger partial charge in [0.2, 0.25) is 5.88 Å². The van der Waals surface area contributed by atoms with Gasteiger partial charge in [-0.3, -0.25) is 9.48 Å². The molecule has 1 atom stereocenters. The topological polar surface area (TPSA) is 63.5 Å². The van der Waals surface area contributed by atoms with Crippen molar-refractivity contribution in [3.05, 3.63) is 41.9 Å². The lowest BCUT2D eigenvalue weighted by Crippen LogP contribution is -2.29. The maximum atomic E-state index is 12.7. The third-order valence-corrected chi connectivity index (χ3v) is 4.55. The number of ether oxygens (including phenoxy) is 1. The Balaban J connectivity index is 1.64. The van der Waals surface area contributed by atoms with Crippen molar-refractivity contribution >= 4 is 5.91 Å².